The van der Waals surface area contributed by atoms with Crippen LogP contribution in [0.5, 0.6) is 17.2 Å². The molecular formula is C30H37ClN2O5. The van der Waals surface area contributed by atoms with E-state index in [0.717, 1.165) is 43.4 Å². The van der Waals surface area contributed by atoms with Gasteiger partial charge in [0, 0.05) is 19.5 Å². The van der Waals surface area contributed by atoms with Gasteiger partial charge >= 0.3 is 0 Å². The molecule has 0 unspecified atom stereocenters. The normalized spacial score (nSPS) is 21.7. The molecule has 5 rings (SSSR count). The number of fused-ring (bicyclic) bond motifs is 2. The van der Waals surface area contributed by atoms with E-state index in [-0.39, 0.29) is 24.3 Å². The second kappa shape index (κ2) is 11.9. The number of rotatable bonds is 2. The van der Waals surface area contributed by atoms with Crippen LogP contribution in [0.3, 0.4) is 0 Å². The van der Waals surface area contributed by atoms with Gasteiger partial charge in [-0.2, -0.15) is 0 Å². The molecule has 1 spiro atoms. The van der Waals surface area contributed by atoms with Gasteiger partial charge in [0.05, 0.1) is 36.1 Å². The second-order valence-corrected chi connectivity index (χ2v) is 11.2. The van der Waals surface area contributed by atoms with Crippen molar-refractivity contribution in [3.8, 4) is 17.2 Å². The van der Waals surface area contributed by atoms with Gasteiger partial charge in [-0.05, 0) is 68.4 Å². The van der Waals surface area contributed by atoms with E-state index in [1.165, 1.54) is 5.56 Å². The van der Waals surface area contributed by atoms with Crippen molar-refractivity contribution >= 4 is 23.4 Å². The van der Waals surface area contributed by atoms with Crippen molar-refractivity contribution in [3.05, 3.63) is 52.5 Å². The summed E-state index contributed by atoms with van der Waals surface area (Å²) in [5.74, 6) is 2.19. The lowest BCUT2D eigenvalue weighted by atomic mass is 9.73. The smallest absolute Gasteiger partial charge is 0.226 e. The molecule has 0 aromatic heterocycles. The van der Waals surface area contributed by atoms with Gasteiger partial charge in [-0.25, -0.2) is 0 Å². The average Bonchev–Trinajstić information content (AvgIpc) is 3.16. The summed E-state index contributed by atoms with van der Waals surface area (Å²) >= 11 is 6.43. The molecule has 0 saturated carbocycles. The van der Waals surface area contributed by atoms with Gasteiger partial charge in [-0.1, -0.05) is 36.2 Å². The number of para-hydroxylation sites is 1. The van der Waals surface area contributed by atoms with Crippen LogP contribution in [0.4, 0.5) is 0 Å². The number of carbonyl (C=O) groups excluding carboxylic acids is 2. The van der Waals surface area contributed by atoms with E-state index in [1.54, 1.807) is 6.07 Å². The lowest BCUT2D eigenvalue weighted by Crippen LogP contribution is -2.52. The predicted molar refractivity (Wildman–Crippen MR) is 146 cm³/mol. The maximum absolute atomic E-state index is 13.5. The van der Waals surface area contributed by atoms with Gasteiger partial charge in [0.15, 0.2) is 11.5 Å². The maximum atomic E-state index is 13.5. The minimum absolute atomic E-state index is 0.0392. The molecule has 0 aliphatic carbocycles. The molecule has 8 heteroatoms. The van der Waals surface area contributed by atoms with Crippen molar-refractivity contribution in [1.29, 1.82) is 0 Å². The zero-order valence-electron chi connectivity index (χ0n) is 22.1. The molecule has 2 aromatic rings. The van der Waals surface area contributed by atoms with E-state index < -0.39 is 5.41 Å². The minimum Gasteiger partial charge on any atom is -0.491 e. The van der Waals surface area contributed by atoms with Crippen LogP contribution in [0.15, 0.2) is 36.4 Å². The van der Waals surface area contributed by atoms with Crippen molar-refractivity contribution in [2.75, 3.05) is 32.9 Å². The second-order valence-electron chi connectivity index (χ2n) is 10.8. The Balaban J connectivity index is 1.23. The Kier molecular flexibility index (Phi) is 8.32. The Morgan fingerprint density at radius 1 is 1.03 bits per heavy atom. The van der Waals surface area contributed by atoms with Crippen LogP contribution in [-0.4, -0.2) is 55.7 Å². The van der Waals surface area contributed by atoms with Crippen LogP contribution >= 0.6 is 11.6 Å². The Morgan fingerprint density at radius 2 is 1.82 bits per heavy atom. The molecular weight excluding hydrogens is 504 g/mol. The third kappa shape index (κ3) is 6.04. The predicted octanol–water partition coefficient (Wildman–Crippen LogP) is 4.96. The van der Waals surface area contributed by atoms with Crippen LogP contribution < -0.4 is 19.5 Å². The molecule has 1 N–H and O–H groups in total. The molecule has 3 aliphatic heterocycles. The van der Waals surface area contributed by atoms with Gasteiger partial charge < -0.3 is 24.4 Å². The molecule has 1 atom stereocenters. The molecule has 3 heterocycles. The number of benzene rings is 2. The highest BCUT2D eigenvalue weighted by Crippen LogP contribution is 2.40. The first kappa shape index (κ1) is 26.7. The van der Waals surface area contributed by atoms with Crippen LogP contribution in [0, 0.1) is 5.41 Å². The fourth-order valence-corrected chi connectivity index (χ4v) is 6.00. The van der Waals surface area contributed by atoms with Crippen molar-refractivity contribution < 1.29 is 23.8 Å². The topological polar surface area (TPSA) is 77.1 Å². The number of hydrogen-bond donors (Lipinski definition) is 1. The van der Waals surface area contributed by atoms with Crippen LogP contribution in [0.25, 0.3) is 0 Å². The summed E-state index contributed by atoms with van der Waals surface area (Å²) in [6.45, 7) is 4.68. The quantitative estimate of drug-likeness (QED) is 0.582. The summed E-state index contributed by atoms with van der Waals surface area (Å²) < 4.78 is 17.5. The molecule has 1 fully saturated rings. The Bertz CT molecular complexity index is 1160. The zero-order chi connectivity index (χ0) is 26.5. The highest BCUT2D eigenvalue weighted by atomic mass is 35.5. The molecule has 38 heavy (non-hydrogen) atoms. The first-order chi connectivity index (χ1) is 18.4. The van der Waals surface area contributed by atoms with Gasteiger partial charge in [-0.3, -0.25) is 9.59 Å². The summed E-state index contributed by atoms with van der Waals surface area (Å²) in [5.41, 5.74) is 1.57. The van der Waals surface area contributed by atoms with E-state index in [9.17, 15) is 9.59 Å². The molecule has 2 aromatic carbocycles. The van der Waals surface area contributed by atoms with Gasteiger partial charge in [0.1, 0.15) is 12.4 Å². The van der Waals surface area contributed by atoms with E-state index in [2.05, 4.69) is 11.4 Å². The van der Waals surface area contributed by atoms with E-state index >= 15 is 0 Å². The number of piperidine rings is 1. The highest BCUT2D eigenvalue weighted by molar-refractivity contribution is 6.32. The van der Waals surface area contributed by atoms with E-state index in [4.69, 9.17) is 25.8 Å². The van der Waals surface area contributed by atoms with Crippen LogP contribution in [0.2, 0.25) is 5.02 Å². The average molecular weight is 541 g/mol. The number of likely N-dealkylation sites (tertiary alicyclic amines) is 1. The summed E-state index contributed by atoms with van der Waals surface area (Å²) in [6, 6.07) is 11.7. The van der Waals surface area contributed by atoms with Gasteiger partial charge in [0.25, 0.3) is 0 Å². The molecule has 0 bridgehead atoms. The number of aryl methyl sites for hydroxylation is 1. The van der Waals surface area contributed by atoms with Crippen molar-refractivity contribution in [2.45, 2.75) is 64.3 Å². The highest BCUT2D eigenvalue weighted by Gasteiger charge is 2.42. The molecule has 0 radical (unpaired) electrons. The monoisotopic (exact) mass is 540 g/mol. The first-order valence-corrected chi connectivity index (χ1v) is 14.2. The lowest BCUT2D eigenvalue weighted by molar-refractivity contribution is -0.141. The fourth-order valence-electron chi connectivity index (χ4n) is 5.71. The third-order valence-corrected chi connectivity index (χ3v) is 8.24. The standard InChI is InChI=1S/C30H37ClN2O5/c1-21-20-38-25-9-3-2-7-23(25)8-4-5-10-30(29(35)32-21)11-13-33(14-12-30)27(34)19-22-17-24(31)28-26(18-22)36-15-6-16-37-28/h2-3,7,9,17-18,21H,4-6,8,10-16,19-20H2,1H3,(H,32,35)/t21-/m0/s1. The summed E-state index contributed by atoms with van der Waals surface area (Å²) in [6.07, 6.45) is 6.08. The molecule has 204 valence electrons. The lowest BCUT2D eigenvalue weighted by Gasteiger charge is -2.41. The largest absolute Gasteiger partial charge is 0.491 e. The van der Waals surface area contributed by atoms with Crippen molar-refractivity contribution in [1.82, 2.24) is 10.2 Å². The Labute approximate surface area is 229 Å². The molecule has 3 aliphatic rings. The number of nitrogens with zero attached hydrogens (tertiary/aromatic N) is 1. The number of halogens is 1. The number of ether oxygens (including phenoxy) is 3. The molecule has 1 saturated heterocycles. The SMILES string of the molecule is C[C@H]1COc2ccccc2CCCCC2(CCN(C(=O)Cc3cc(Cl)c4c(c3)OCCCO4)CC2)C(=O)N1. The third-order valence-electron chi connectivity index (χ3n) is 7.96. The number of hydrogen-bond acceptors (Lipinski definition) is 5. The van der Waals surface area contributed by atoms with Gasteiger partial charge in [0.2, 0.25) is 11.8 Å². The van der Waals surface area contributed by atoms with Gasteiger partial charge in [-0.15, -0.1) is 0 Å². The van der Waals surface area contributed by atoms with E-state index in [1.807, 2.05) is 36.1 Å². The van der Waals surface area contributed by atoms with E-state index in [0.29, 0.717) is 62.3 Å². The molecule has 7 nitrogen and oxygen atoms in total. The minimum atomic E-state index is -0.456. The number of amides is 2. The van der Waals surface area contributed by atoms with Crippen molar-refractivity contribution in [2.24, 2.45) is 5.41 Å². The number of nitrogens with one attached hydrogen (secondary N) is 1. The summed E-state index contributed by atoms with van der Waals surface area (Å²) in [5, 5.41) is 3.67. The molecule has 2 amide bonds. The maximum Gasteiger partial charge on any atom is 0.226 e. The summed E-state index contributed by atoms with van der Waals surface area (Å²) in [7, 11) is 0. The fraction of sp³-hybridized carbons (Fsp3) is 0.533. The summed E-state index contributed by atoms with van der Waals surface area (Å²) in [4.78, 5) is 28.6. The Morgan fingerprint density at radius 3 is 2.66 bits per heavy atom. The van der Waals surface area contributed by atoms with Crippen LogP contribution in [0.1, 0.15) is 56.6 Å². The first-order valence-electron chi connectivity index (χ1n) is 13.8. The Hall–Kier alpha value is -2.93. The zero-order valence-corrected chi connectivity index (χ0v) is 22.9. The number of carbonyl (C=O) groups is 2. The van der Waals surface area contributed by atoms with Crippen LogP contribution in [-0.2, 0) is 22.4 Å². The van der Waals surface area contributed by atoms with Crippen molar-refractivity contribution in [3.63, 3.8) is 0 Å².